The molecule has 1 aliphatic heterocycles. The lowest BCUT2D eigenvalue weighted by atomic mass is 9.54. The Morgan fingerprint density at radius 1 is 1.28 bits per heavy atom. The van der Waals surface area contributed by atoms with Crippen molar-refractivity contribution >= 4 is 22.6 Å². The van der Waals surface area contributed by atoms with E-state index in [4.69, 9.17) is 4.74 Å². The Hall–Kier alpha value is -2.92. The summed E-state index contributed by atoms with van der Waals surface area (Å²) in [5.41, 5.74) is 2.32. The number of amides is 1. The van der Waals surface area contributed by atoms with E-state index < -0.39 is 17.8 Å². The van der Waals surface area contributed by atoms with E-state index in [1.165, 1.54) is 11.9 Å². The second-order valence-corrected chi connectivity index (χ2v) is 10.8. The van der Waals surface area contributed by atoms with E-state index in [2.05, 4.69) is 27.1 Å². The van der Waals surface area contributed by atoms with Gasteiger partial charge >= 0.3 is 6.18 Å². The van der Waals surface area contributed by atoms with Crippen LogP contribution in [0.15, 0.2) is 12.1 Å². The third kappa shape index (κ3) is 3.71. The highest BCUT2D eigenvalue weighted by atomic mass is 19.4. The Morgan fingerprint density at radius 3 is 2.69 bits per heavy atom. The number of H-pyrrole nitrogens is 2. The zero-order valence-electron chi connectivity index (χ0n) is 20.5. The number of carbonyl (C=O) groups is 1. The summed E-state index contributed by atoms with van der Waals surface area (Å²) in [6.45, 7) is 6.28. The number of benzene rings is 1. The molecule has 0 radical (unpaired) electrons. The summed E-state index contributed by atoms with van der Waals surface area (Å²) in [6.07, 6.45) is -1.64. The van der Waals surface area contributed by atoms with Gasteiger partial charge in [0.15, 0.2) is 5.82 Å². The van der Waals surface area contributed by atoms with Crippen LogP contribution in [-0.2, 0) is 22.1 Å². The number of carbonyl (C=O) groups excluding carboxylic acids is 1. The number of likely N-dealkylation sites (N-methyl/N-ethyl adjacent to an activating group) is 1. The predicted octanol–water partition coefficient (Wildman–Crippen LogP) is 4.10. The van der Waals surface area contributed by atoms with Crippen LogP contribution >= 0.6 is 0 Å². The van der Waals surface area contributed by atoms with Crippen molar-refractivity contribution in [2.45, 2.75) is 51.2 Å². The van der Waals surface area contributed by atoms with Crippen molar-refractivity contribution in [3.63, 3.8) is 0 Å². The molecule has 3 heterocycles. The Morgan fingerprint density at radius 2 is 2.00 bits per heavy atom. The quantitative estimate of drug-likeness (QED) is 0.561. The zero-order valence-corrected chi connectivity index (χ0v) is 20.5. The minimum absolute atomic E-state index is 0.161. The molecular weight excluding hydrogens is 473 g/mol. The number of hydrogen-bond acceptors (Lipinski definition) is 5. The van der Waals surface area contributed by atoms with Gasteiger partial charge in [-0.1, -0.05) is 6.92 Å². The predicted molar refractivity (Wildman–Crippen MR) is 128 cm³/mol. The Kier molecular flexibility index (Phi) is 5.24. The third-order valence-electron chi connectivity index (χ3n) is 8.14. The number of hydrogen-bond donors (Lipinski definition) is 2. The van der Waals surface area contributed by atoms with Gasteiger partial charge in [0, 0.05) is 37.1 Å². The van der Waals surface area contributed by atoms with Gasteiger partial charge in [-0.05, 0) is 49.7 Å². The second-order valence-electron chi connectivity index (χ2n) is 10.8. The van der Waals surface area contributed by atoms with Gasteiger partial charge in [0.05, 0.1) is 30.3 Å². The zero-order chi connectivity index (χ0) is 25.4. The number of anilines is 1. The lowest BCUT2D eigenvalue weighted by molar-refractivity contribution is -0.136. The van der Waals surface area contributed by atoms with E-state index in [0.29, 0.717) is 43.7 Å². The molecule has 1 amide bonds. The molecule has 3 aromatic rings. The van der Waals surface area contributed by atoms with Crippen LogP contribution in [0.3, 0.4) is 0 Å². The van der Waals surface area contributed by atoms with Crippen LogP contribution in [0, 0.1) is 5.41 Å². The van der Waals surface area contributed by atoms with Crippen molar-refractivity contribution in [1.29, 1.82) is 0 Å². The van der Waals surface area contributed by atoms with E-state index in [9.17, 15) is 18.0 Å². The molecular formula is C25H29F3N6O2. The van der Waals surface area contributed by atoms with Crippen LogP contribution in [0.5, 0.6) is 0 Å². The van der Waals surface area contributed by atoms with Crippen LogP contribution < -0.4 is 4.90 Å². The summed E-state index contributed by atoms with van der Waals surface area (Å²) in [4.78, 5) is 23.9. The molecule has 2 fully saturated rings. The smallest absolute Gasteiger partial charge is 0.379 e. The van der Waals surface area contributed by atoms with Crippen molar-refractivity contribution in [2.75, 3.05) is 38.3 Å². The van der Waals surface area contributed by atoms with E-state index in [-0.39, 0.29) is 28.0 Å². The minimum atomic E-state index is -4.64. The van der Waals surface area contributed by atoms with Crippen LogP contribution in [0.1, 0.15) is 49.4 Å². The number of nitrogens with zero attached hydrogens (tertiary/aromatic N) is 4. The molecule has 1 saturated heterocycles. The van der Waals surface area contributed by atoms with Gasteiger partial charge < -0.3 is 14.6 Å². The normalized spacial score (nSPS) is 24.9. The average Bonchev–Trinajstić information content (AvgIpc) is 3.45. The van der Waals surface area contributed by atoms with Crippen LogP contribution in [0.4, 0.5) is 18.9 Å². The molecule has 4 aliphatic rings. The van der Waals surface area contributed by atoms with E-state index in [1.54, 1.807) is 13.0 Å². The lowest BCUT2D eigenvalue weighted by Crippen LogP contribution is -2.50. The first-order chi connectivity index (χ1) is 17.0. The highest BCUT2D eigenvalue weighted by Gasteiger charge is 2.49. The maximum Gasteiger partial charge on any atom is 0.418 e. The fraction of sp³-hybridized carbons (Fsp3) is 0.560. The summed E-state index contributed by atoms with van der Waals surface area (Å²) < 4.78 is 47.8. The molecule has 1 saturated carbocycles. The van der Waals surface area contributed by atoms with Crippen LogP contribution in [0.25, 0.3) is 22.6 Å². The maximum absolute atomic E-state index is 14.1. The monoisotopic (exact) mass is 502 g/mol. The third-order valence-corrected chi connectivity index (χ3v) is 8.14. The fourth-order valence-corrected chi connectivity index (χ4v) is 6.20. The minimum Gasteiger partial charge on any atom is -0.379 e. The topological polar surface area (TPSA) is 90.1 Å². The van der Waals surface area contributed by atoms with Crippen LogP contribution in [0.2, 0.25) is 0 Å². The van der Waals surface area contributed by atoms with Gasteiger partial charge in [-0.2, -0.15) is 18.3 Å². The molecule has 0 spiro atoms. The van der Waals surface area contributed by atoms with Gasteiger partial charge in [0.2, 0.25) is 5.91 Å². The summed E-state index contributed by atoms with van der Waals surface area (Å²) >= 11 is 0. The van der Waals surface area contributed by atoms with Crippen molar-refractivity contribution in [2.24, 2.45) is 5.41 Å². The largest absolute Gasteiger partial charge is 0.418 e. The average molecular weight is 503 g/mol. The highest BCUT2D eigenvalue weighted by molar-refractivity contribution is 5.99. The van der Waals surface area contributed by atoms with Crippen LogP contribution in [-0.4, -0.2) is 70.4 Å². The Bertz CT molecular complexity index is 1330. The van der Waals surface area contributed by atoms with Gasteiger partial charge in [-0.3, -0.25) is 14.8 Å². The number of imidazole rings is 1. The first-order valence-electron chi connectivity index (χ1n) is 12.3. The standard InChI is InChI=1S/C25H29F3N6O2/c1-13(34-4-6-36-7-5-34)23(35)33(3)15-8-16(25(26,27)28)20-17(9-15)29-22(30-20)21-19-14-10-24(2,11-14)12-18(19)31-32-21/h8-9,13-14H,4-7,10-12H2,1-3H3,(H,29,30)(H,31,32)/t13-,14?,24?/m0/s1. The molecule has 192 valence electrons. The summed E-state index contributed by atoms with van der Waals surface area (Å²) in [5, 5.41) is 7.53. The molecule has 2 N–H and O–H groups in total. The molecule has 7 rings (SSSR count). The van der Waals surface area contributed by atoms with E-state index >= 15 is 0 Å². The number of rotatable bonds is 4. The number of halogens is 3. The summed E-state index contributed by atoms with van der Waals surface area (Å²) in [6, 6.07) is 2.09. The number of aromatic nitrogens is 4. The summed E-state index contributed by atoms with van der Waals surface area (Å²) in [7, 11) is 1.51. The SMILES string of the molecule is C[C@@H](C(=O)N(C)c1cc(C(F)(F)F)c2nc(-c3n[nH]c4c3C3CC(C)(C4)C3)[nH]c2c1)N1CCOCC1. The Labute approximate surface area is 206 Å². The molecule has 2 aromatic heterocycles. The molecule has 11 heteroatoms. The Balaban J connectivity index is 1.38. The number of alkyl halides is 3. The molecule has 1 atom stereocenters. The van der Waals surface area contributed by atoms with Crippen molar-refractivity contribution in [1.82, 2.24) is 25.1 Å². The van der Waals surface area contributed by atoms with Gasteiger partial charge in [0.25, 0.3) is 0 Å². The molecule has 36 heavy (non-hydrogen) atoms. The first-order valence-corrected chi connectivity index (χ1v) is 12.3. The second kappa shape index (κ2) is 8.04. The molecule has 2 bridgehead atoms. The number of aromatic amines is 2. The summed E-state index contributed by atoms with van der Waals surface area (Å²) in [5.74, 6) is 0.388. The molecule has 0 unspecified atom stereocenters. The van der Waals surface area contributed by atoms with Crippen molar-refractivity contribution < 1.29 is 22.7 Å². The fourth-order valence-electron chi connectivity index (χ4n) is 6.20. The number of morpholine rings is 1. The van der Waals surface area contributed by atoms with E-state index in [1.807, 2.05) is 4.90 Å². The maximum atomic E-state index is 14.1. The molecule has 3 aliphatic carbocycles. The molecule has 1 aromatic carbocycles. The van der Waals surface area contributed by atoms with E-state index in [0.717, 1.165) is 36.6 Å². The lowest BCUT2D eigenvalue weighted by Gasteiger charge is -2.50. The number of nitrogens with one attached hydrogen (secondary N) is 2. The molecule has 8 nitrogen and oxygen atoms in total. The number of fused-ring (bicyclic) bond motifs is 1. The van der Waals surface area contributed by atoms with Crippen molar-refractivity contribution in [3.8, 4) is 11.5 Å². The van der Waals surface area contributed by atoms with Gasteiger partial charge in [-0.15, -0.1) is 0 Å². The van der Waals surface area contributed by atoms with Gasteiger partial charge in [0.1, 0.15) is 11.2 Å². The first kappa shape index (κ1) is 23.5. The van der Waals surface area contributed by atoms with Crippen molar-refractivity contribution in [3.05, 3.63) is 29.0 Å². The highest BCUT2D eigenvalue weighted by Crippen LogP contribution is 2.59. The van der Waals surface area contributed by atoms with Gasteiger partial charge in [-0.25, -0.2) is 4.98 Å². The number of ether oxygens (including phenoxy) is 1.